The minimum absolute atomic E-state index is 0.198. The number of hydrogen-bond donors (Lipinski definition) is 0. The van der Waals surface area contributed by atoms with E-state index in [1.807, 2.05) is 0 Å². The molecule has 0 amide bonds. The number of pyridine rings is 1. The molecule has 0 aliphatic carbocycles. The maximum atomic E-state index is 13.6. The molecule has 82 valence electrons. The standard InChI is InChI=1S/C11H5Cl3FN/c12-7-3-1-2-6(11(7)14)10-8(13)4-16-5-9(10)15/h1-5H. The minimum Gasteiger partial charge on any atom is -0.260 e. The van der Waals surface area contributed by atoms with Crippen molar-refractivity contribution in [3.8, 4) is 11.1 Å². The van der Waals surface area contributed by atoms with Gasteiger partial charge in [-0.05, 0) is 6.07 Å². The summed E-state index contributed by atoms with van der Waals surface area (Å²) in [6.45, 7) is 0. The first-order chi connectivity index (χ1) is 7.61. The summed E-state index contributed by atoms with van der Waals surface area (Å²) in [6, 6.07) is 4.96. The zero-order valence-electron chi connectivity index (χ0n) is 7.85. The van der Waals surface area contributed by atoms with Gasteiger partial charge in [-0.15, -0.1) is 0 Å². The number of hydrogen-bond acceptors (Lipinski definition) is 1. The monoisotopic (exact) mass is 275 g/mol. The van der Waals surface area contributed by atoms with Crippen molar-refractivity contribution in [1.82, 2.24) is 4.98 Å². The van der Waals surface area contributed by atoms with Gasteiger partial charge in [0.2, 0.25) is 0 Å². The Bertz CT molecular complexity index is 522. The minimum atomic E-state index is -0.531. The van der Waals surface area contributed by atoms with Crippen molar-refractivity contribution in [2.45, 2.75) is 0 Å². The molecule has 0 radical (unpaired) electrons. The van der Waals surface area contributed by atoms with E-state index in [-0.39, 0.29) is 15.6 Å². The van der Waals surface area contributed by atoms with Crippen molar-refractivity contribution in [2.75, 3.05) is 0 Å². The van der Waals surface area contributed by atoms with Crippen LogP contribution in [0.4, 0.5) is 4.39 Å². The van der Waals surface area contributed by atoms with E-state index in [4.69, 9.17) is 34.8 Å². The van der Waals surface area contributed by atoms with Crippen LogP contribution in [0.3, 0.4) is 0 Å². The first-order valence-corrected chi connectivity index (χ1v) is 5.48. The molecule has 0 bridgehead atoms. The number of rotatable bonds is 1. The van der Waals surface area contributed by atoms with Crippen LogP contribution < -0.4 is 0 Å². The first kappa shape index (κ1) is 11.6. The average Bonchev–Trinajstić information content (AvgIpc) is 2.24. The Morgan fingerprint density at radius 3 is 2.44 bits per heavy atom. The summed E-state index contributed by atoms with van der Waals surface area (Å²) >= 11 is 17.7. The van der Waals surface area contributed by atoms with E-state index in [0.29, 0.717) is 10.6 Å². The molecule has 0 saturated heterocycles. The fourth-order valence-corrected chi connectivity index (χ4v) is 2.01. The van der Waals surface area contributed by atoms with E-state index in [0.717, 1.165) is 6.20 Å². The van der Waals surface area contributed by atoms with Crippen molar-refractivity contribution in [2.24, 2.45) is 0 Å². The Hall–Kier alpha value is -0.830. The third-order valence-corrected chi connectivity index (χ3v) is 3.18. The predicted octanol–water partition coefficient (Wildman–Crippen LogP) is 4.85. The van der Waals surface area contributed by atoms with E-state index in [1.165, 1.54) is 6.20 Å². The van der Waals surface area contributed by atoms with Crippen LogP contribution in [0.15, 0.2) is 30.6 Å². The van der Waals surface area contributed by atoms with E-state index in [1.54, 1.807) is 18.2 Å². The van der Waals surface area contributed by atoms with E-state index < -0.39 is 5.82 Å². The number of nitrogens with zero attached hydrogens (tertiary/aromatic N) is 1. The largest absolute Gasteiger partial charge is 0.260 e. The lowest BCUT2D eigenvalue weighted by molar-refractivity contribution is 0.625. The van der Waals surface area contributed by atoms with Gasteiger partial charge in [-0.3, -0.25) is 4.98 Å². The molecule has 0 atom stereocenters. The lowest BCUT2D eigenvalue weighted by atomic mass is 10.1. The average molecular weight is 277 g/mol. The van der Waals surface area contributed by atoms with Gasteiger partial charge in [0.15, 0.2) is 5.82 Å². The highest BCUT2D eigenvalue weighted by Crippen LogP contribution is 2.37. The highest BCUT2D eigenvalue weighted by molar-refractivity contribution is 6.44. The maximum absolute atomic E-state index is 13.6. The fraction of sp³-hybridized carbons (Fsp3) is 0. The second-order valence-electron chi connectivity index (χ2n) is 3.08. The second kappa shape index (κ2) is 4.58. The van der Waals surface area contributed by atoms with E-state index >= 15 is 0 Å². The number of aromatic nitrogens is 1. The molecule has 0 aliphatic heterocycles. The van der Waals surface area contributed by atoms with E-state index in [2.05, 4.69) is 4.98 Å². The molecule has 0 aliphatic rings. The summed E-state index contributed by atoms with van der Waals surface area (Å²) in [5.41, 5.74) is 0.670. The first-order valence-electron chi connectivity index (χ1n) is 4.34. The van der Waals surface area contributed by atoms with Crippen molar-refractivity contribution in [1.29, 1.82) is 0 Å². The molecule has 2 rings (SSSR count). The Labute approximate surface area is 107 Å². The van der Waals surface area contributed by atoms with Crippen molar-refractivity contribution >= 4 is 34.8 Å². The zero-order chi connectivity index (χ0) is 11.7. The highest BCUT2D eigenvalue weighted by atomic mass is 35.5. The van der Waals surface area contributed by atoms with Crippen LogP contribution in [0.2, 0.25) is 15.1 Å². The third kappa shape index (κ3) is 2.01. The van der Waals surface area contributed by atoms with Gasteiger partial charge < -0.3 is 0 Å². The lowest BCUT2D eigenvalue weighted by Gasteiger charge is -2.08. The van der Waals surface area contributed by atoms with Crippen LogP contribution in [0.1, 0.15) is 0 Å². The summed E-state index contributed by atoms with van der Waals surface area (Å²) in [4.78, 5) is 3.64. The maximum Gasteiger partial charge on any atom is 0.150 e. The highest BCUT2D eigenvalue weighted by Gasteiger charge is 2.14. The summed E-state index contributed by atoms with van der Waals surface area (Å²) in [7, 11) is 0. The van der Waals surface area contributed by atoms with Gasteiger partial charge in [-0.1, -0.05) is 46.9 Å². The molecule has 16 heavy (non-hydrogen) atoms. The Morgan fingerprint density at radius 1 is 1.00 bits per heavy atom. The van der Waals surface area contributed by atoms with Gasteiger partial charge in [0.1, 0.15) is 0 Å². The molecule has 5 heteroatoms. The fourth-order valence-electron chi connectivity index (χ4n) is 1.37. The van der Waals surface area contributed by atoms with Gasteiger partial charge in [0.05, 0.1) is 21.3 Å². The van der Waals surface area contributed by atoms with Crippen LogP contribution in [0.5, 0.6) is 0 Å². The molecular formula is C11H5Cl3FN. The van der Waals surface area contributed by atoms with Crippen LogP contribution in [0, 0.1) is 5.82 Å². The van der Waals surface area contributed by atoms with Crippen LogP contribution >= 0.6 is 34.8 Å². The number of benzene rings is 1. The second-order valence-corrected chi connectivity index (χ2v) is 4.27. The Balaban J connectivity index is 2.73. The van der Waals surface area contributed by atoms with Crippen LogP contribution in [-0.2, 0) is 0 Å². The SMILES string of the molecule is Fc1cncc(Cl)c1-c1cccc(Cl)c1Cl. The lowest BCUT2D eigenvalue weighted by Crippen LogP contribution is -1.89. The van der Waals surface area contributed by atoms with Crippen molar-refractivity contribution in [3.05, 3.63) is 51.5 Å². The van der Waals surface area contributed by atoms with Gasteiger partial charge in [-0.25, -0.2) is 4.39 Å². The quantitative estimate of drug-likeness (QED) is 0.725. The molecule has 1 heterocycles. The van der Waals surface area contributed by atoms with Crippen LogP contribution in [0.25, 0.3) is 11.1 Å². The molecule has 0 saturated carbocycles. The summed E-state index contributed by atoms with van der Waals surface area (Å²) in [5.74, 6) is -0.531. The van der Waals surface area contributed by atoms with Gasteiger partial charge in [0.25, 0.3) is 0 Å². The molecule has 1 aromatic carbocycles. The molecule has 0 unspecified atom stereocenters. The van der Waals surface area contributed by atoms with Gasteiger partial charge in [0, 0.05) is 17.3 Å². The zero-order valence-corrected chi connectivity index (χ0v) is 10.1. The van der Waals surface area contributed by atoms with E-state index in [9.17, 15) is 4.39 Å². The topological polar surface area (TPSA) is 12.9 Å². The summed E-state index contributed by atoms with van der Waals surface area (Å²) in [6.07, 6.45) is 2.44. The molecule has 1 nitrogen and oxygen atoms in total. The predicted molar refractivity (Wildman–Crippen MR) is 64.7 cm³/mol. The summed E-state index contributed by atoms with van der Waals surface area (Å²) in [5, 5.41) is 0.826. The Kier molecular flexibility index (Phi) is 3.33. The molecule has 0 N–H and O–H groups in total. The molecule has 0 fully saturated rings. The normalized spacial score (nSPS) is 10.5. The molecule has 0 spiro atoms. The number of halogens is 4. The van der Waals surface area contributed by atoms with Gasteiger partial charge >= 0.3 is 0 Å². The molecular weight excluding hydrogens is 271 g/mol. The molecule has 2 aromatic rings. The smallest absolute Gasteiger partial charge is 0.150 e. The van der Waals surface area contributed by atoms with Crippen molar-refractivity contribution < 1.29 is 4.39 Å². The van der Waals surface area contributed by atoms with Crippen LogP contribution in [-0.4, -0.2) is 4.98 Å². The van der Waals surface area contributed by atoms with Gasteiger partial charge in [-0.2, -0.15) is 0 Å². The Morgan fingerprint density at radius 2 is 1.75 bits per heavy atom. The third-order valence-electron chi connectivity index (χ3n) is 2.07. The molecule has 1 aromatic heterocycles. The summed E-state index contributed by atoms with van der Waals surface area (Å²) < 4.78 is 13.6. The van der Waals surface area contributed by atoms with Crippen molar-refractivity contribution in [3.63, 3.8) is 0 Å².